The average molecular weight is 207 g/mol. The minimum absolute atomic E-state index is 0.806. The van der Waals surface area contributed by atoms with Crippen LogP contribution in [0.5, 0.6) is 0 Å². The van der Waals surface area contributed by atoms with E-state index >= 15 is 0 Å². The molecule has 0 aliphatic rings. The lowest BCUT2D eigenvalue weighted by Crippen LogP contribution is -2.50. The predicted molar refractivity (Wildman–Crippen MR) is 61.3 cm³/mol. The van der Waals surface area contributed by atoms with Crippen LogP contribution in [0.2, 0.25) is 0 Å². The van der Waals surface area contributed by atoms with Crippen LogP contribution in [0.25, 0.3) is 0 Å². The Morgan fingerprint density at radius 3 is 1.38 bits per heavy atom. The molecule has 0 aromatic rings. The molecule has 2 heteroatoms. The van der Waals surface area contributed by atoms with Gasteiger partial charge in [0.15, 0.2) is 0 Å². The summed E-state index contributed by atoms with van der Waals surface area (Å²) in [5.74, 6) is 0.806. The molecule has 1 nitrogen and oxygen atoms in total. The van der Waals surface area contributed by atoms with Gasteiger partial charge in [0, 0.05) is 0 Å². The maximum atomic E-state index is 5.88. The van der Waals surface area contributed by atoms with Gasteiger partial charge >= 0.3 is 0 Å². The molecule has 0 rings (SSSR count). The molecule has 0 aromatic carbocycles. The molecule has 0 radical (unpaired) electrons. The molecule has 0 fully saturated rings. The van der Waals surface area contributed by atoms with Crippen molar-refractivity contribution < 1.29 is 4.48 Å². The van der Waals surface area contributed by atoms with Gasteiger partial charge in [0.2, 0.25) is 0 Å². The Labute approximate surface area is 88.7 Å². The molecule has 0 bridgehead atoms. The van der Waals surface area contributed by atoms with E-state index in [1.807, 2.05) is 0 Å². The summed E-state index contributed by atoms with van der Waals surface area (Å²) in [6, 6.07) is 0. The Kier molecular flexibility index (Phi) is 7.78. The van der Waals surface area contributed by atoms with Crippen LogP contribution in [-0.2, 0) is 0 Å². The second-order valence-corrected chi connectivity index (χ2v) is 4.30. The predicted octanol–water partition coefficient (Wildman–Crippen LogP) is 3.27. The number of quaternary nitrogens is 1. The molecule has 0 N–H and O–H groups in total. The van der Waals surface area contributed by atoms with Crippen LogP contribution in [0.15, 0.2) is 0 Å². The van der Waals surface area contributed by atoms with Crippen molar-refractivity contribution in [3.05, 3.63) is 0 Å². The van der Waals surface area contributed by atoms with Gasteiger partial charge in [-0.05, 0) is 19.3 Å². The minimum atomic E-state index is 0.806. The van der Waals surface area contributed by atoms with E-state index in [-0.39, 0.29) is 0 Å². The second kappa shape index (κ2) is 7.64. The highest BCUT2D eigenvalue weighted by Gasteiger charge is 2.23. The lowest BCUT2D eigenvalue weighted by molar-refractivity contribution is -0.926. The number of rotatable bonds is 8. The fraction of sp³-hybridized carbons (Fsp3) is 1.00. The summed E-state index contributed by atoms with van der Waals surface area (Å²) in [5.41, 5.74) is 0. The first-order valence-corrected chi connectivity index (χ1v) is 6.19. The summed E-state index contributed by atoms with van der Waals surface area (Å²) < 4.78 is 1.24. The number of alkyl halides is 1. The summed E-state index contributed by atoms with van der Waals surface area (Å²) in [6.07, 6.45) is 3.82. The topological polar surface area (TPSA) is 0 Å². The van der Waals surface area contributed by atoms with E-state index in [0.29, 0.717) is 0 Å². The molecule has 13 heavy (non-hydrogen) atoms. The van der Waals surface area contributed by atoms with Crippen molar-refractivity contribution in [2.75, 3.05) is 32.1 Å². The SMILES string of the molecule is CCC[N+](CCC)(CCC)CCCl. The summed E-state index contributed by atoms with van der Waals surface area (Å²) >= 11 is 5.88. The maximum absolute atomic E-state index is 5.88. The van der Waals surface area contributed by atoms with Gasteiger partial charge in [-0.15, -0.1) is 11.6 Å². The molecule has 0 spiro atoms. The van der Waals surface area contributed by atoms with Crippen molar-refractivity contribution in [1.29, 1.82) is 0 Å². The zero-order chi connectivity index (χ0) is 10.2. The molecule has 0 amide bonds. The van der Waals surface area contributed by atoms with Crippen LogP contribution in [0.1, 0.15) is 40.0 Å². The quantitative estimate of drug-likeness (QED) is 0.423. The van der Waals surface area contributed by atoms with E-state index in [4.69, 9.17) is 11.6 Å². The maximum Gasteiger partial charge on any atom is 0.0924 e. The molecule has 0 aliphatic carbocycles. The van der Waals surface area contributed by atoms with Crippen LogP contribution in [0.4, 0.5) is 0 Å². The average Bonchev–Trinajstić information content (AvgIpc) is 2.06. The summed E-state index contributed by atoms with van der Waals surface area (Å²) in [6.45, 7) is 11.9. The Morgan fingerprint density at radius 2 is 1.15 bits per heavy atom. The molecule has 0 aliphatic heterocycles. The van der Waals surface area contributed by atoms with E-state index in [9.17, 15) is 0 Å². The van der Waals surface area contributed by atoms with E-state index in [2.05, 4.69) is 20.8 Å². The lowest BCUT2D eigenvalue weighted by Gasteiger charge is -2.38. The fourth-order valence-corrected chi connectivity index (χ4v) is 2.63. The first-order chi connectivity index (χ1) is 6.24. The van der Waals surface area contributed by atoms with Crippen LogP contribution < -0.4 is 0 Å². The normalized spacial score (nSPS) is 12.0. The third kappa shape index (κ3) is 4.87. The standard InChI is InChI=1S/C11H25ClN/c1-4-8-13(9-5-2,10-6-3)11-7-12/h4-11H2,1-3H3/q+1. The fourth-order valence-electron chi connectivity index (χ4n) is 2.27. The Hall–Kier alpha value is 0.250. The van der Waals surface area contributed by atoms with Crippen LogP contribution in [-0.4, -0.2) is 36.5 Å². The molecular weight excluding hydrogens is 182 g/mol. The molecule has 0 saturated heterocycles. The Balaban J connectivity index is 4.19. The highest BCUT2D eigenvalue weighted by molar-refractivity contribution is 6.17. The van der Waals surface area contributed by atoms with E-state index < -0.39 is 0 Å². The van der Waals surface area contributed by atoms with Gasteiger partial charge in [-0.3, -0.25) is 0 Å². The monoisotopic (exact) mass is 206 g/mol. The van der Waals surface area contributed by atoms with Crippen molar-refractivity contribution in [3.8, 4) is 0 Å². The van der Waals surface area contributed by atoms with E-state index in [1.54, 1.807) is 0 Å². The van der Waals surface area contributed by atoms with Gasteiger partial charge in [-0.2, -0.15) is 0 Å². The number of halogens is 1. The highest BCUT2D eigenvalue weighted by Crippen LogP contribution is 2.11. The number of hydrogen-bond acceptors (Lipinski definition) is 0. The highest BCUT2D eigenvalue weighted by atomic mass is 35.5. The van der Waals surface area contributed by atoms with Crippen molar-refractivity contribution in [2.24, 2.45) is 0 Å². The molecular formula is C11H25ClN+. The summed E-state index contributed by atoms with van der Waals surface area (Å²) in [7, 11) is 0. The van der Waals surface area contributed by atoms with Crippen LogP contribution >= 0.6 is 11.6 Å². The van der Waals surface area contributed by atoms with Gasteiger partial charge in [0.25, 0.3) is 0 Å². The smallest absolute Gasteiger partial charge is 0.0924 e. The summed E-state index contributed by atoms with van der Waals surface area (Å²) in [5, 5.41) is 0. The van der Waals surface area contributed by atoms with E-state index in [1.165, 1.54) is 43.4 Å². The zero-order valence-corrected chi connectivity index (χ0v) is 10.2. The van der Waals surface area contributed by atoms with Gasteiger partial charge in [0.05, 0.1) is 32.1 Å². The van der Waals surface area contributed by atoms with Gasteiger partial charge in [0.1, 0.15) is 0 Å². The molecule has 0 saturated carbocycles. The Bertz CT molecular complexity index is 85.1. The van der Waals surface area contributed by atoms with Gasteiger partial charge in [-0.25, -0.2) is 0 Å². The minimum Gasteiger partial charge on any atom is -0.323 e. The number of hydrogen-bond donors (Lipinski definition) is 0. The van der Waals surface area contributed by atoms with E-state index in [0.717, 1.165) is 12.4 Å². The number of nitrogens with zero attached hydrogens (tertiary/aromatic N) is 1. The molecule has 80 valence electrons. The van der Waals surface area contributed by atoms with Crippen molar-refractivity contribution in [3.63, 3.8) is 0 Å². The second-order valence-electron chi connectivity index (χ2n) is 3.93. The third-order valence-corrected chi connectivity index (χ3v) is 2.82. The summed E-state index contributed by atoms with van der Waals surface area (Å²) in [4.78, 5) is 0. The van der Waals surface area contributed by atoms with Crippen LogP contribution in [0.3, 0.4) is 0 Å². The van der Waals surface area contributed by atoms with Crippen molar-refractivity contribution >= 4 is 11.6 Å². The first kappa shape index (κ1) is 13.2. The third-order valence-electron chi connectivity index (χ3n) is 2.65. The molecule has 0 heterocycles. The molecule has 0 aromatic heterocycles. The van der Waals surface area contributed by atoms with Crippen molar-refractivity contribution in [1.82, 2.24) is 0 Å². The Morgan fingerprint density at radius 1 is 0.769 bits per heavy atom. The first-order valence-electron chi connectivity index (χ1n) is 5.65. The van der Waals surface area contributed by atoms with Gasteiger partial charge < -0.3 is 4.48 Å². The lowest BCUT2D eigenvalue weighted by atomic mass is 10.2. The zero-order valence-electron chi connectivity index (χ0n) is 9.48. The molecule has 0 atom stereocenters. The van der Waals surface area contributed by atoms with Gasteiger partial charge in [-0.1, -0.05) is 20.8 Å². The largest absolute Gasteiger partial charge is 0.323 e. The molecule has 0 unspecified atom stereocenters. The van der Waals surface area contributed by atoms with Crippen LogP contribution in [0, 0.1) is 0 Å². The van der Waals surface area contributed by atoms with Crippen molar-refractivity contribution in [2.45, 2.75) is 40.0 Å².